The van der Waals surface area contributed by atoms with Crippen LogP contribution in [0, 0.1) is 13.8 Å². The molecule has 3 rings (SSSR count). The number of urea groups is 1. The molecule has 0 radical (unpaired) electrons. The van der Waals surface area contributed by atoms with E-state index in [1.807, 2.05) is 63.2 Å². The van der Waals surface area contributed by atoms with Crippen LogP contribution < -0.4 is 15.1 Å². The molecule has 1 aliphatic rings. The van der Waals surface area contributed by atoms with Crippen molar-refractivity contribution in [3.05, 3.63) is 64.7 Å². The van der Waals surface area contributed by atoms with E-state index in [9.17, 15) is 14.4 Å². The zero-order valence-electron chi connectivity index (χ0n) is 15.7. The maximum absolute atomic E-state index is 12.9. The van der Waals surface area contributed by atoms with Crippen molar-refractivity contribution in [2.45, 2.75) is 13.8 Å². The molecule has 2 aromatic rings. The van der Waals surface area contributed by atoms with Crippen LogP contribution in [0.25, 0.3) is 6.08 Å². The zero-order valence-corrected chi connectivity index (χ0v) is 15.7. The van der Waals surface area contributed by atoms with Gasteiger partial charge in [-0.15, -0.1) is 0 Å². The van der Waals surface area contributed by atoms with Crippen molar-refractivity contribution in [2.24, 2.45) is 0 Å². The van der Waals surface area contributed by atoms with Crippen LogP contribution in [0.2, 0.25) is 0 Å². The highest BCUT2D eigenvalue weighted by atomic mass is 16.2. The SMILES string of the molecule is Cc1ccc(N2C(=O)NC(=O)/C(=C\c3ccc(N(C)C)cc3)C2=O)cc1C. The summed E-state index contributed by atoms with van der Waals surface area (Å²) in [5, 5.41) is 2.24. The van der Waals surface area contributed by atoms with Gasteiger partial charge in [-0.25, -0.2) is 9.69 Å². The number of imide groups is 2. The lowest BCUT2D eigenvalue weighted by atomic mass is 10.0. The molecule has 4 amide bonds. The van der Waals surface area contributed by atoms with E-state index in [0.29, 0.717) is 11.3 Å². The molecule has 27 heavy (non-hydrogen) atoms. The van der Waals surface area contributed by atoms with Crippen LogP contribution in [0.3, 0.4) is 0 Å². The Balaban J connectivity index is 1.97. The van der Waals surface area contributed by atoms with Crippen molar-refractivity contribution < 1.29 is 14.4 Å². The Morgan fingerprint density at radius 3 is 2.19 bits per heavy atom. The molecule has 138 valence electrons. The molecule has 1 aliphatic heterocycles. The smallest absolute Gasteiger partial charge is 0.335 e. The maximum Gasteiger partial charge on any atom is 0.335 e. The van der Waals surface area contributed by atoms with Crippen LogP contribution in [0.4, 0.5) is 16.2 Å². The minimum Gasteiger partial charge on any atom is -0.378 e. The highest BCUT2D eigenvalue weighted by Gasteiger charge is 2.36. The summed E-state index contributed by atoms with van der Waals surface area (Å²) in [5.41, 5.74) is 4.07. The molecule has 1 heterocycles. The van der Waals surface area contributed by atoms with Gasteiger partial charge in [-0.1, -0.05) is 18.2 Å². The topological polar surface area (TPSA) is 69.7 Å². The maximum atomic E-state index is 12.9. The van der Waals surface area contributed by atoms with Gasteiger partial charge in [0.25, 0.3) is 11.8 Å². The zero-order chi connectivity index (χ0) is 19.7. The molecule has 0 spiro atoms. The Bertz CT molecular complexity index is 959. The largest absolute Gasteiger partial charge is 0.378 e. The van der Waals surface area contributed by atoms with Crippen LogP contribution >= 0.6 is 0 Å². The molecule has 1 fully saturated rings. The first-order valence-corrected chi connectivity index (χ1v) is 8.54. The van der Waals surface area contributed by atoms with Crippen molar-refractivity contribution in [3.8, 4) is 0 Å². The Hall–Kier alpha value is -3.41. The van der Waals surface area contributed by atoms with Gasteiger partial charge in [0.2, 0.25) is 0 Å². The van der Waals surface area contributed by atoms with Crippen molar-refractivity contribution in [1.29, 1.82) is 0 Å². The van der Waals surface area contributed by atoms with Crippen molar-refractivity contribution in [1.82, 2.24) is 5.32 Å². The average molecular weight is 363 g/mol. The molecular formula is C21H21N3O3. The summed E-state index contributed by atoms with van der Waals surface area (Å²) in [6, 6.07) is 12.0. The number of rotatable bonds is 3. The number of anilines is 2. The molecule has 0 atom stereocenters. The van der Waals surface area contributed by atoms with E-state index in [0.717, 1.165) is 21.7 Å². The second kappa shape index (κ2) is 7.07. The number of carbonyl (C=O) groups excluding carboxylic acids is 3. The van der Waals surface area contributed by atoms with Crippen LogP contribution in [-0.4, -0.2) is 31.9 Å². The van der Waals surface area contributed by atoms with Gasteiger partial charge in [0.15, 0.2) is 0 Å². The van der Waals surface area contributed by atoms with Gasteiger partial charge in [-0.3, -0.25) is 14.9 Å². The van der Waals surface area contributed by atoms with Gasteiger partial charge in [0.05, 0.1) is 5.69 Å². The molecule has 6 heteroatoms. The van der Waals surface area contributed by atoms with E-state index in [2.05, 4.69) is 5.32 Å². The minimum absolute atomic E-state index is 0.0783. The molecule has 1 saturated heterocycles. The number of nitrogens with one attached hydrogen (secondary N) is 1. The van der Waals surface area contributed by atoms with E-state index in [-0.39, 0.29) is 5.57 Å². The van der Waals surface area contributed by atoms with Crippen LogP contribution in [-0.2, 0) is 9.59 Å². The number of hydrogen-bond donors (Lipinski definition) is 1. The lowest BCUT2D eigenvalue weighted by Crippen LogP contribution is -2.54. The third kappa shape index (κ3) is 3.60. The summed E-state index contributed by atoms with van der Waals surface area (Å²) in [6.07, 6.45) is 1.50. The van der Waals surface area contributed by atoms with Gasteiger partial charge >= 0.3 is 6.03 Å². The summed E-state index contributed by atoms with van der Waals surface area (Å²) >= 11 is 0. The summed E-state index contributed by atoms with van der Waals surface area (Å²) in [7, 11) is 3.86. The Labute approximate surface area is 158 Å². The number of hydrogen-bond acceptors (Lipinski definition) is 4. The fourth-order valence-electron chi connectivity index (χ4n) is 2.79. The summed E-state index contributed by atoms with van der Waals surface area (Å²) in [4.78, 5) is 40.3. The first-order chi connectivity index (χ1) is 12.8. The van der Waals surface area contributed by atoms with E-state index in [1.165, 1.54) is 6.08 Å². The van der Waals surface area contributed by atoms with E-state index < -0.39 is 17.8 Å². The third-order valence-corrected chi connectivity index (χ3v) is 4.57. The minimum atomic E-state index is -0.742. The normalized spacial score (nSPS) is 15.9. The third-order valence-electron chi connectivity index (χ3n) is 4.57. The molecule has 1 N–H and O–H groups in total. The van der Waals surface area contributed by atoms with Gasteiger partial charge in [0.1, 0.15) is 5.57 Å². The highest BCUT2D eigenvalue weighted by molar-refractivity contribution is 6.39. The van der Waals surface area contributed by atoms with Crippen LogP contribution in [0.15, 0.2) is 48.0 Å². The fraction of sp³-hybridized carbons (Fsp3) is 0.190. The van der Waals surface area contributed by atoms with Gasteiger partial charge in [-0.2, -0.15) is 0 Å². The van der Waals surface area contributed by atoms with Crippen molar-refractivity contribution >= 4 is 35.3 Å². The molecule has 0 unspecified atom stereocenters. The Kier molecular flexibility index (Phi) is 4.81. The molecule has 0 saturated carbocycles. The van der Waals surface area contributed by atoms with Crippen LogP contribution in [0.5, 0.6) is 0 Å². The Morgan fingerprint density at radius 2 is 1.59 bits per heavy atom. The van der Waals surface area contributed by atoms with Crippen molar-refractivity contribution in [3.63, 3.8) is 0 Å². The standard InChI is InChI=1S/C21H21N3O3/c1-13-5-8-17(11-14(13)2)24-20(26)18(19(25)22-21(24)27)12-15-6-9-16(10-7-15)23(3)4/h5-12H,1-4H3,(H,22,25,27)/b18-12+. The molecule has 2 aromatic carbocycles. The van der Waals surface area contributed by atoms with Gasteiger partial charge in [-0.05, 0) is 60.9 Å². The Morgan fingerprint density at radius 1 is 0.926 bits per heavy atom. The number of benzene rings is 2. The van der Waals surface area contributed by atoms with Gasteiger partial charge < -0.3 is 4.90 Å². The molecule has 0 bridgehead atoms. The molecule has 0 aliphatic carbocycles. The monoisotopic (exact) mass is 363 g/mol. The first-order valence-electron chi connectivity index (χ1n) is 8.54. The second-order valence-electron chi connectivity index (χ2n) is 6.71. The number of carbonyl (C=O) groups is 3. The van der Waals surface area contributed by atoms with E-state index >= 15 is 0 Å². The fourth-order valence-corrected chi connectivity index (χ4v) is 2.79. The highest BCUT2D eigenvalue weighted by Crippen LogP contribution is 2.24. The summed E-state index contributed by atoms with van der Waals surface area (Å²) in [6.45, 7) is 3.85. The molecule has 0 aromatic heterocycles. The summed E-state index contributed by atoms with van der Waals surface area (Å²) in [5.74, 6) is -1.33. The number of aryl methyl sites for hydroxylation is 2. The van der Waals surface area contributed by atoms with Crippen LogP contribution in [0.1, 0.15) is 16.7 Å². The van der Waals surface area contributed by atoms with Gasteiger partial charge in [0, 0.05) is 19.8 Å². The molecular weight excluding hydrogens is 342 g/mol. The second-order valence-corrected chi connectivity index (χ2v) is 6.71. The average Bonchev–Trinajstić information content (AvgIpc) is 2.62. The first kappa shape index (κ1) is 18.4. The number of nitrogens with zero attached hydrogens (tertiary/aromatic N) is 2. The summed E-state index contributed by atoms with van der Waals surface area (Å²) < 4.78 is 0. The quantitative estimate of drug-likeness (QED) is 0.672. The van der Waals surface area contributed by atoms with E-state index in [1.54, 1.807) is 12.1 Å². The number of amides is 4. The predicted octanol–water partition coefficient (Wildman–Crippen LogP) is 3.04. The lowest BCUT2D eigenvalue weighted by Gasteiger charge is -2.26. The number of barbiturate groups is 1. The lowest BCUT2D eigenvalue weighted by molar-refractivity contribution is -0.122. The molecule has 6 nitrogen and oxygen atoms in total. The van der Waals surface area contributed by atoms with E-state index in [4.69, 9.17) is 0 Å². The predicted molar refractivity (Wildman–Crippen MR) is 106 cm³/mol. The van der Waals surface area contributed by atoms with Crippen molar-refractivity contribution in [2.75, 3.05) is 23.9 Å².